The highest BCUT2D eigenvalue weighted by Crippen LogP contribution is 2.35. The molecule has 1 aromatic carbocycles. The lowest BCUT2D eigenvalue weighted by Gasteiger charge is -2.41. The minimum Gasteiger partial charge on any atom is -0.493 e. The Morgan fingerprint density at radius 3 is 3.00 bits per heavy atom. The molecule has 0 bridgehead atoms. The van der Waals surface area contributed by atoms with Crippen molar-refractivity contribution in [1.82, 2.24) is 9.80 Å². The van der Waals surface area contributed by atoms with Gasteiger partial charge in [-0.1, -0.05) is 18.2 Å². The van der Waals surface area contributed by atoms with E-state index in [-0.39, 0.29) is 17.9 Å². The van der Waals surface area contributed by atoms with Gasteiger partial charge in [-0.3, -0.25) is 4.79 Å². The highest BCUT2D eigenvalue weighted by molar-refractivity contribution is 5.85. The predicted molar refractivity (Wildman–Crippen MR) is 81.3 cm³/mol. The molecule has 1 fully saturated rings. The Morgan fingerprint density at radius 1 is 1.38 bits per heavy atom. The molecular formula is C16H23N3O2. The molecular weight excluding hydrogens is 266 g/mol. The Kier molecular flexibility index (Phi) is 4.12. The van der Waals surface area contributed by atoms with Gasteiger partial charge in [0.15, 0.2) is 0 Å². The number of likely N-dealkylation sites (N-methyl/N-ethyl adjacent to an activating group) is 1. The summed E-state index contributed by atoms with van der Waals surface area (Å²) in [7, 11) is 2.08. The van der Waals surface area contributed by atoms with Crippen molar-refractivity contribution in [3.05, 3.63) is 29.8 Å². The van der Waals surface area contributed by atoms with Gasteiger partial charge < -0.3 is 20.3 Å². The number of benzene rings is 1. The first kappa shape index (κ1) is 14.4. The third-order valence-electron chi connectivity index (χ3n) is 4.50. The van der Waals surface area contributed by atoms with Crippen LogP contribution < -0.4 is 10.5 Å². The van der Waals surface area contributed by atoms with E-state index in [9.17, 15) is 4.79 Å². The lowest BCUT2D eigenvalue weighted by atomic mass is 9.91. The van der Waals surface area contributed by atoms with Gasteiger partial charge in [0, 0.05) is 31.7 Å². The fourth-order valence-corrected chi connectivity index (χ4v) is 3.30. The quantitative estimate of drug-likeness (QED) is 0.868. The SMILES string of the molecule is CN1CCN(C(=O)C2CCOc3ccccc32)C(CN)C1. The highest BCUT2D eigenvalue weighted by atomic mass is 16.5. The summed E-state index contributed by atoms with van der Waals surface area (Å²) in [5.74, 6) is 0.960. The van der Waals surface area contributed by atoms with E-state index in [0.29, 0.717) is 13.2 Å². The van der Waals surface area contributed by atoms with Crippen LogP contribution in [0.2, 0.25) is 0 Å². The van der Waals surface area contributed by atoms with Crippen LogP contribution in [0.1, 0.15) is 17.9 Å². The summed E-state index contributed by atoms with van der Waals surface area (Å²) in [5.41, 5.74) is 6.89. The number of carbonyl (C=O) groups excluding carboxylic acids is 1. The summed E-state index contributed by atoms with van der Waals surface area (Å²) in [6, 6.07) is 7.98. The van der Waals surface area contributed by atoms with Gasteiger partial charge in [-0.05, 0) is 19.5 Å². The van der Waals surface area contributed by atoms with E-state index < -0.39 is 0 Å². The maximum Gasteiger partial charge on any atom is 0.230 e. The number of nitrogens with zero attached hydrogens (tertiary/aromatic N) is 2. The van der Waals surface area contributed by atoms with Gasteiger partial charge in [-0.15, -0.1) is 0 Å². The van der Waals surface area contributed by atoms with Crippen LogP contribution in [-0.2, 0) is 4.79 Å². The summed E-state index contributed by atoms with van der Waals surface area (Å²) >= 11 is 0. The number of amides is 1. The van der Waals surface area contributed by atoms with Crippen LogP contribution >= 0.6 is 0 Å². The van der Waals surface area contributed by atoms with E-state index in [1.165, 1.54) is 0 Å². The molecule has 2 N–H and O–H groups in total. The van der Waals surface area contributed by atoms with Crippen LogP contribution in [0.4, 0.5) is 0 Å². The van der Waals surface area contributed by atoms with Gasteiger partial charge in [0.25, 0.3) is 0 Å². The van der Waals surface area contributed by atoms with Crippen molar-refractivity contribution >= 4 is 5.91 Å². The van der Waals surface area contributed by atoms with Crippen molar-refractivity contribution in [3.8, 4) is 5.75 Å². The topological polar surface area (TPSA) is 58.8 Å². The fourth-order valence-electron chi connectivity index (χ4n) is 3.30. The summed E-state index contributed by atoms with van der Waals surface area (Å²) < 4.78 is 5.66. The molecule has 0 aromatic heterocycles. The third kappa shape index (κ3) is 2.76. The van der Waals surface area contributed by atoms with Gasteiger partial charge in [0.2, 0.25) is 5.91 Å². The van der Waals surface area contributed by atoms with Gasteiger partial charge in [0.1, 0.15) is 5.75 Å². The standard InChI is InChI=1S/C16H23N3O2/c1-18-7-8-19(12(10-17)11-18)16(20)14-6-9-21-15-5-3-2-4-13(14)15/h2-5,12,14H,6-11,17H2,1H3. The molecule has 1 saturated heterocycles. The molecule has 5 heteroatoms. The maximum atomic E-state index is 13.0. The number of fused-ring (bicyclic) bond motifs is 1. The van der Waals surface area contributed by atoms with Crippen LogP contribution in [0.3, 0.4) is 0 Å². The first-order valence-electron chi connectivity index (χ1n) is 7.61. The number of hydrogen-bond acceptors (Lipinski definition) is 4. The molecule has 0 saturated carbocycles. The summed E-state index contributed by atoms with van der Waals surface area (Å²) in [6.45, 7) is 3.65. The van der Waals surface area contributed by atoms with Crippen molar-refractivity contribution in [2.24, 2.45) is 5.73 Å². The van der Waals surface area contributed by atoms with E-state index in [1.807, 2.05) is 29.2 Å². The number of piperazine rings is 1. The number of rotatable bonds is 2. The monoisotopic (exact) mass is 289 g/mol. The zero-order chi connectivity index (χ0) is 14.8. The van der Waals surface area contributed by atoms with E-state index in [0.717, 1.165) is 37.4 Å². The molecule has 1 amide bonds. The molecule has 2 aliphatic rings. The molecule has 0 aliphatic carbocycles. The van der Waals surface area contributed by atoms with Crippen LogP contribution in [0.15, 0.2) is 24.3 Å². The van der Waals surface area contributed by atoms with E-state index in [1.54, 1.807) is 0 Å². The van der Waals surface area contributed by atoms with Gasteiger partial charge in [-0.2, -0.15) is 0 Å². The van der Waals surface area contributed by atoms with E-state index in [4.69, 9.17) is 10.5 Å². The largest absolute Gasteiger partial charge is 0.493 e. The summed E-state index contributed by atoms with van der Waals surface area (Å²) in [6.07, 6.45) is 0.749. The number of carbonyl (C=O) groups is 1. The number of nitrogens with two attached hydrogens (primary N) is 1. The molecule has 0 spiro atoms. The highest BCUT2D eigenvalue weighted by Gasteiger charge is 2.35. The van der Waals surface area contributed by atoms with Crippen LogP contribution in [0, 0.1) is 0 Å². The predicted octanol–water partition coefficient (Wildman–Crippen LogP) is 0.654. The molecule has 3 rings (SSSR count). The molecule has 2 atom stereocenters. The Balaban J connectivity index is 1.82. The van der Waals surface area contributed by atoms with Crippen molar-refractivity contribution in [3.63, 3.8) is 0 Å². The zero-order valence-corrected chi connectivity index (χ0v) is 12.5. The number of hydrogen-bond donors (Lipinski definition) is 1. The molecule has 2 unspecified atom stereocenters. The molecule has 2 heterocycles. The summed E-state index contributed by atoms with van der Waals surface area (Å²) in [4.78, 5) is 17.2. The van der Waals surface area contributed by atoms with E-state index >= 15 is 0 Å². The molecule has 1 aromatic rings. The van der Waals surface area contributed by atoms with Crippen molar-refractivity contribution in [2.45, 2.75) is 18.4 Å². The Morgan fingerprint density at radius 2 is 2.19 bits per heavy atom. The van der Waals surface area contributed by atoms with Gasteiger partial charge >= 0.3 is 0 Å². The summed E-state index contributed by atoms with van der Waals surface area (Å²) in [5, 5.41) is 0. The van der Waals surface area contributed by atoms with Crippen LogP contribution in [-0.4, -0.2) is 61.6 Å². The van der Waals surface area contributed by atoms with Crippen molar-refractivity contribution < 1.29 is 9.53 Å². The average molecular weight is 289 g/mol. The first-order valence-corrected chi connectivity index (χ1v) is 7.61. The molecule has 5 nitrogen and oxygen atoms in total. The van der Waals surface area contributed by atoms with Gasteiger partial charge in [-0.25, -0.2) is 0 Å². The Hall–Kier alpha value is -1.59. The second-order valence-electron chi connectivity index (χ2n) is 5.91. The van der Waals surface area contributed by atoms with Crippen LogP contribution in [0.25, 0.3) is 0 Å². The lowest BCUT2D eigenvalue weighted by molar-refractivity contribution is -0.138. The minimum absolute atomic E-state index is 0.0904. The number of para-hydroxylation sites is 1. The van der Waals surface area contributed by atoms with E-state index in [2.05, 4.69) is 11.9 Å². The molecule has 2 aliphatic heterocycles. The fraction of sp³-hybridized carbons (Fsp3) is 0.562. The number of ether oxygens (including phenoxy) is 1. The van der Waals surface area contributed by atoms with Crippen molar-refractivity contribution in [1.29, 1.82) is 0 Å². The Labute approximate surface area is 125 Å². The smallest absolute Gasteiger partial charge is 0.230 e. The third-order valence-corrected chi connectivity index (χ3v) is 4.50. The molecule has 114 valence electrons. The zero-order valence-electron chi connectivity index (χ0n) is 12.5. The minimum atomic E-state index is -0.0904. The second kappa shape index (κ2) is 6.03. The molecule has 21 heavy (non-hydrogen) atoms. The lowest BCUT2D eigenvalue weighted by Crippen LogP contribution is -2.57. The van der Waals surface area contributed by atoms with Crippen LogP contribution in [0.5, 0.6) is 5.75 Å². The van der Waals surface area contributed by atoms with Gasteiger partial charge in [0.05, 0.1) is 18.6 Å². The normalized spacial score (nSPS) is 26.1. The average Bonchev–Trinajstić information content (AvgIpc) is 2.53. The molecule has 0 radical (unpaired) electrons. The maximum absolute atomic E-state index is 13.0. The van der Waals surface area contributed by atoms with Crippen molar-refractivity contribution in [2.75, 3.05) is 39.8 Å². The Bertz CT molecular complexity index is 520. The first-order chi connectivity index (χ1) is 10.2. The second-order valence-corrected chi connectivity index (χ2v) is 5.91.